The Morgan fingerprint density at radius 1 is 1.15 bits per heavy atom. The number of halogens is 3. The number of benzene rings is 2. The minimum absolute atomic E-state index is 0.0318. The summed E-state index contributed by atoms with van der Waals surface area (Å²) in [6, 6.07) is 13.3. The molecule has 1 aliphatic carbocycles. The van der Waals surface area contributed by atoms with Crippen LogP contribution in [0.4, 0.5) is 4.39 Å². The SMILES string of the molecule is COC(=O)C1(c2ccc(F)c(Oc3ccccc3)c2)C(C=C(Cl)Cl)C1(C)C. The molecule has 0 radical (unpaired) electrons. The van der Waals surface area contributed by atoms with Crippen LogP contribution in [0.25, 0.3) is 0 Å². The molecule has 0 saturated heterocycles. The Morgan fingerprint density at radius 2 is 1.81 bits per heavy atom. The molecule has 0 amide bonds. The maximum absolute atomic E-state index is 14.4. The molecule has 0 N–H and O–H groups in total. The lowest BCUT2D eigenvalue weighted by Gasteiger charge is -2.19. The van der Waals surface area contributed by atoms with Crippen LogP contribution in [0.1, 0.15) is 19.4 Å². The van der Waals surface area contributed by atoms with Crippen LogP contribution in [-0.4, -0.2) is 13.1 Å². The van der Waals surface area contributed by atoms with Crippen molar-refractivity contribution in [3.63, 3.8) is 0 Å². The third-order valence-electron chi connectivity index (χ3n) is 5.33. The second-order valence-electron chi connectivity index (χ2n) is 7.02. The number of allylic oxidation sites excluding steroid dienone is 1. The second kappa shape index (κ2) is 7.17. The van der Waals surface area contributed by atoms with E-state index in [4.69, 9.17) is 32.7 Å². The first kappa shape index (κ1) is 19.7. The van der Waals surface area contributed by atoms with Crippen molar-refractivity contribution >= 4 is 29.2 Å². The van der Waals surface area contributed by atoms with Gasteiger partial charge in [0.25, 0.3) is 0 Å². The first-order chi connectivity index (χ1) is 12.7. The van der Waals surface area contributed by atoms with Gasteiger partial charge in [0, 0.05) is 5.92 Å². The molecule has 0 bridgehead atoms. The van der Waals surface area contributed by atoms with Crippen molar-refractivity contribution in [3.8, 4) is 11.5 Å². The summed E-state index contributed by atoms with van der Waals surface area (Å²) in [5, 5.41) is 0. The number of rotatable bonds is 5. The molecule has 1 saturated carbocycles. The number of para-hydroxylation sites is 1. The zero-order valence-electron chi connectivity index (χ0n) is 15.1. The molecule has 0 spiro atoms. The number of carbonyl (C=O) groups is 1. The Morgan fingerprint density at radius 3 is 2.41 bits per heavy atom. The van der Waals surface area contributed by atoms with E-state index in [0.717, 1.165) is 0 Å². The third-order valence-corrected chi connectivity index (χ3v) is 5.59. The Labute approximate surface area is 167 Å². The Hall–Kier alpha value is -2.04. The van der Waals surface area contributed by atoms with Crippen molar-refractivity contribution in [2.45, 2.75) is 19.3 Å². The Balaban J connectivity index is 2.09. The zero-order chi connectivity index (χ0) is 19.8. The van der Waals surface area contributed by atoms with Crippen molar-refractivity contribution in [3.05, 3.63) is 70.5 Å². The van der Waals surface area contributed by atoms with Crippen molar-refractivity contribution in [1.29, 1.82) is 0 Å². The van der Waals surface area contributed by atoms with E-state index >= 15 is 0 Å². The fraction of sp³-hybridized carbons (Fsp3) is 0.286. The van der Waals surface area contributed by atoms with Crippen LogP contribution in [0.3, 0.4) is 0 Å². The first-order valence-corrected chi connectivity index (χ1v) is 9.15. The highest BCUT2D eigenvalue weighted by Crippen LogP contribution is 2.71. The van der Waals surface area contributed by atoms with Crippen LogP contribution in [0.15, 0.2) is 59.1 Å². The van der Waals surface area contributed by atoms with Gasteiger partial charge in [0.15, 0.2) is 11.6 Å². The van der Waals surface area contributed by atoms with Crippen molar-refractivity contribution in [2.75, 3.05) is 7.11 Å². The molecule has 27 heavy (non-hydrogen) atoms. The first-order valence-electron chi connectivity index (χ1n) is 8.39. The number of carbonyl (C=O) groups excluding carboxylic acids is 1. The van der Waals surface area contributed by atoms with Crippen LogP contribution in [-0.2, 0) is 14.9 Å². The van der Waals surface area contributed by atoms with Gasteiger partial charge in [-0.1, -0.05) is 61.3 Å². The summed E-state index contributed by atoms with van der Waals surface area (Å²) in [6.45, 7) is 3.84. The van der Waals surface area contributed by atoms with E-state index in [-0.39, 0.29) is 16.2 Å². The highest BCUT2D eigenvalue weighted by molar-refractivity contribution is 6.55. The molecule has 3 nitrogen and oxygen atoms in total. The highest BCUT2D eigenvalue weighted by Gasteiger charge is 2.76. The molecule has 3 rings (SSSR count). The van der Waals surface area contributed by atoms with Gasteiger partial charge < -0.3 is 9.47 Å². The van der Waals surface area contributed by atoms with Gasteiger partial charge in [-0.15, -0.1) is 0 Å². The van der Waals surface area contributed by atoms with Crippen LogP contribution < -0.4 is 4.74 Å². The van der Waals surface area contributed by atoms with Gasteiger partial charge in [0.2, 0.25) is 0 Å². The standard InChI is InChI=1S/C21H19Cl2FO3/c1-20(2)17(12-18(22)23)21(20,19(25)26-3)13-9-10-15(24)16(11-13)27-14-7-5-4-6-8-14/h4-12,17H,1-3H3. The molecule has 2 unspecified atom stereocenters. The van der Waals surface area contributed by atoms with Gasteiger partial charge >= 0.3 is 5.97 Å². The van der Waals surface area contributed by atoms with E-state index in [1.165, 1.54) is 19.2 Å². The van der Waals surface area contributed by atoms with Crippen molar-refractivity contribution in [2.24, 2.45) is 11.3 Å². The average Bonchev–Trinajstić information content (AvgIpc) is 3.12. The van der Waals surface area contributed by atoms with Gasteiger partial charge in [-0.2, -0.15) is 0 Å². The van der Waals surface area contributed by atoms with E-state index in [9.17, 15) is 9.18 Å². The van der Waals surface area contributed by atoms with E-state index in [1.807, 2.05) is 19.9 Å². The molecule has 2 atom stereocenters. The maximum Gasteiger partial charge on any atom is 0.317 e. The van der Waals surface area contributed by atoms with E-state index in [1.54, 1.807) is 36.4 Å². The molecular formula is C21H19Cl2FO3. The van der Waals surface area contributed by atoms with Crippen molar-refractivity contribution < 1.29 is 18.7 Å². The number of hydrogen-bond donors (Lipinski definition) is 0. The molecule has 0 aromatic heterocycles. The van der Waals surface area contributed by atoms with Crippen LogP contribution in [0.2, 0.25) is 0 Å². The maximum atomic E-state index is 14.4. The second-order valence-corrected chi connectivity index (χ2v) is 8.02. The van der Waals surface area contributed by atoms with Gasteiger partial charge in [0.05, 0.1) is 7.11 Å². The van der Waals surface area contributed by atoms with Gasteiger partial charge in [-0.05, 0) is 41.3 Å². The molecule has 1 aliphatic rings. The van der Waals surface area contributed by atoms with Gasteiger partial charge in [-0.25, -0.2) is 4.39 Å². The quantitative estimate of drug-likeness (QED) is 0.568. The lowest BCUT2D eigenvalue weighted by molar-refractivity contribution is -0.144. The summed E-state index contributed by atoms with van der Waals surface area (Å²) in [7, 11) is 1.33. The molecule has 0 heterocycles. The summed E-state index contributed by atoms with van der Waals surface area (Å²) in [6.07, 6.45) is 1.63. The number of hydrogen-bond acceptors (Lipinski definition) is 3. The summed E-state index contributed by atoms with van der Waals surface area (Å²) < 4.78 is 25.2. The number of methoxy groups -OCH3 is 1. The monoisotopic (exact) mass is 408 g/mol. The van der Waals surface area contributed by atoms with Crippen LogP contribution in [0, 0.1) is 17.2 Å². The summed E-state index contributed by atoms with van der Waals surface area (Å²) >= 11 is 11.7. The minimum Gasteiger partial charge on any atom is -0.468 e. The normalized spacial score (nSPS) is 22.7. The van der Waals surface area contributed by atoms with Crippen LogP contribution >= 0.6 is 23.2 Å². The lowest BCUT2D eigenvalue weighted by Crippen LogP contribution is -2.28. The smallest absolute Gasteiger partial charge is 0.317 e. The van der Waals surface area contributed by atoms with Gasteiger partial charge in [0.1, 0.15) is 15.7 Å². The molecule has 142 valence electrons. The van der Waals surface area contributed by atoms with Gasteiger partial charge in [-0.3, -0.25) is 4.79 Å². The molecule has 2 aromatic carbocycles. The van der Waals surface area contributed by atoms with E-state index < -0.39 is 22.6 Å². The van der Waals surface area contributed by atoms with Crippen LogP contribution in [0.5, 0.6) is 11.5 Å². The molecule has 0 aliphatic heterocycles. The average molecular weight is 409 g/mol. The Bertz CT molecular complexity index is 892. The highest BCUT2D eigenvalue weighted by atomic mass is 35.5. The molecule has 6 heteroatoms. The topological polar surface area (TPSA) is 35.5 Å². The fourth-order valence-corrected chi connectivity index (χ4v) is 4.18. The number of ether oxygens (including phenoxy) is 2. The summed E-state index contributed by atoms with van der Waals surface area (Å²) in [4.78, 5) is 12.8. The minimum atomic E-state index is -1.03. The largest absolute Gasteiger partial charge is 0.468 e. The molecule has 2 aromatic rings. The third kappa shape index (κ3) is 3.21. The predicted molar refractivity (Wildman–Crippen MR) is 104 cm³/mol. The fourth-order valence-electron chi connectivity index (χ4n) is 3.93. The van der Waals surface area contributed by atoms with E-state index in [0.29, 0.717) is 11.3 Å². The molecule has 1 fully saturated rings. The summed E-state index contributed by atoms with van der Waals surface area (Å²) in [5.74, 6) is -0.720. The zero-order valence-corrected chi connectivity index (χ0v) is 16.6. The molecular weight excluding hydrogens is 390 g/mol. The van der Waals surface area contributed by atoms with E-state index in [2.05, 4.69) is 0 Å². The predicted octanol–water partition coefficient (Wildman–Crippen LogP) is 6.00. The van der Waals surface area contributed by atoms with Crippen molar-refractivity contribution in [1.82, 2.24) is 0 Å². The number of esters is 1. The summed E-state index contributed by atoms with van der Waals surface area (Å²) in [5.41, 5.74) is -0.960. The Kier molecular flexibility index (Phi) is 5.24. The lowest BCUT2D eigenvalue weighted by atomic mass is 9.87.